The van der Waals surface area contributed by atoms with Crippen molar-refractivity contribution in [2.24, 2.45) is 0 Å². The number of carbonyl (C=O) groups is 2. The summed E-state index contributed by atoms with van der Waals surface area (Å²) in [5, 5.41) is 0. The topological polar surface area (TPSA) is 61.8 Å². The highest BCUT2D eigenvalue weighted by atomic mass is 28.4. The average Bonchev–Trinajstić information content (AvgIpc) is 2.45. The molecule has 0 bridgehead atoms. The molecule has 0 saturated heterocycles. The van der Waals surface area contributed by atoms with E-state index in [0.717, 1.165) is 38.5 Å². The predicted octanol–water partition coefficient (Wildman–Crippen LogP) is 3.67. The summed E-state index contributed by atoms with van der Waals surface area (Å²) >= 11 is 0. The Bertz CT molecular complexity index is 301. The maximum Gasteiger partial charge on any atom is 0.305 e. The van der Waals surface area contributed by atoms with Gasteiger partial charge in [-0.3, -0.25) is 9.59 Å². The summed E-state index contributed by atoms with van der Waals surface area (Å²) in [4.78, 5) is 22.2. The summed E-state index contributed by atoms with van der Waals surface area (Å²) in [7, 11) is 1.25. The first-order chi connectivity index (χ1) is 10.3. The van der Waals surface area contributed by atoms with Gasteiger partial charge in [0.05, 0.1) is 14.2 Å². The fourth-order valence-electron chi connectivity index (χ4n) is 2.25. The van der Waals surface area contributed by atoms with Crippen molar-refractivity contribution in [2.45, 2.75) is 77.1 Å². The van der Waals surface area contributed by atoms with Crippen LogP contribution in [0.25, 0.3) is 0 Å². The van der Waals surface area contributed by atoms with Gasteiger partial charge >= 0.3 is 11.9 Å². The van der Waals surface area contributed by atoms with Gasteiger partial charge in [0.25, 0.3) is 0 Å². The van der Waals surface area contributed by atoms with Gasteiger partial charge in [-0.2, -0.15) is 0 Å². The van der Waals surface area contributed by atoms with Crippen LogP contribution < -0.4 is 0 Å². The molecule has 22 heavy (non-hydrogen) atoms. The molecule has 130 valence electrons. The highest BCUT2D eigenvalue weighted by Gasteiger charge is 2.20. The zero-order valence-corrected chi connectivity index (χ0v) is 15.8. The molecule has 0 fully saturated rings. The van der Waals surface area contributed by atoms with Crippen LogP contribution in [0.1, 0.15) is 51.4 Å². The molecule has 0 aliphatic rings. The highest BCUT2D eigenvalue weighted by Crippen LogP contribution is 2.19. The van der Waals surface area contributed by atoms with E-state index < -0.39 is 8.32 Å². The van der Waals surface area contributed by atoms with Crippen molar-refractivity contribution in [1.29, 1.82) is 0 Å². The smallest absolute Gasteiger partial charge is 0.305 e. The number of hydrogen-bond acceptors (Lipinski definition) is 5. The van der Waals surface area contributed by atoms with E-state index >= 15 is 0 Å². The maximum absolute atomic E-state index is 11.1. The molecule has 0 saturated carbocycles. The molecule has 0 unspecified atom stereocenters. The standard InChI is InChI=1S/C16H32O5Si/c1-19-15(17)12-8-6-10-14(21-22(3,4)5)11-7-9-13-16(18)20-2/h14H,6-13H2,1-5H3. The number of methoxy groups -OCH3 is 2. The van der Waals surface area contributed by atoms with Crippen molar-refractivity contribution < 1.29 is 23.5 Å². The van der Waals surface area contributed by atoms with Crippen LogP contribution in [0.4, 0.5) is 0 Å². The van der Waals surface area contributed by atoms with Gasteiger partial charge in [-0.15, -0.1) is 0 Å². The first kappa shape index (κ1) is 21.1. The fourth-order valence-corrected chi connectivity index (χ4v) is 3.48. The Labute approximate surface area is 135 Å². The SMILES string of the molecule is COC(=O)CCCCC(CCCCC(=O)OC)O[Si](C)(C)C. The van der Waals surface area contributed by atoms with Crippen molar-refractivity contribution >= 4 is 20.3 Å². The van der Waals surface area contributed by atoms with Gasteiger partial charge in [-0.25, -0.2) is 0 Å². The molecule has 0 aromatic carbocycles. The lowest BCUT2D eigenvalue weighted by molar-refractivity contribution is -0.141. The van der Waals surface area contributed by atoms with Gasteiger partial charge in [-0.05, 0) is 45.3 Å². The van der Waals surface area contributed by atoms with Crippen LogP contribution in [-0.4, -0.2) is 40.6 Å². The zero-order valence-electron chi connectivity index (χ0n) is 14.8. The largest absolute Gasteiger partial charge is 0.469 e. The Morgan fingerprint density at radius 2 is 1.23 bits per heavy atom. The quantitative estimate of drug-likeness (QED) is 0.310. The van der Waals surface area contributed by atoms with Gasteiger partial charge in [0.1, 0.15) is 0 Å². The number of unbranched alkanes of at least 4 members (excludes halogenated alkanes) is 2. The van der Waals surface area contributed by atoms with Gasteiger partial charge in [-0.1, -0.05) is 12.8 Å². The second-order valence-corrected chi connectivity index (χ2v) is 11.0. The monoisotopic (exact) mass is 332 g/mol. The van der Waals surface area contributed by atoms with E-state index in [4.69, 9.17) is 4.43 Å². The predicted molar refractivity (Wildman–Crippen MR) is 89.2 cm³/mol. The van der Waals surface area contributed by atoms with Crippen molar-refractivity contribution in [3.8, 4) is 0 Å². The van der Waals surface area contributed by atoms with Crippen LogP contribution in [0.15, 0.2) is 0 Å². The van der Waals surface area contributed by atoms with Crippen molar-refractivity contribution in [3.05, 3.63) is 0 Å². The number of esters is 2. The lowest BCUT2D eigenvalue weighted by atomic mass is 10.0. The van der Waals surface area contributed by atoms with Crippen molar-refractivity contribution in [2.75, 3.05) is 14.2 Å². The van der Waals surface area contributed by atoms with E-state index in [1.807, 2.05) is 0 Å². The molecule has 0 heterocycles. The number of ether oxygens (including phenoxy) is 2. The second-order valence-electron chi connectivity index (χ2n) is 6.50. The third kappa shape index (κ3) is 12.8. The van der Waals surface area contributed by atoms with Gasteiger partial charge in [0, 0.05) is 18.9 Å². The molecule has 0 aliphatic carbocycles. The minimum absolute atomic E-state index is 0.152. The van der Waals surface area contributed by atoms with Crippen LogP contribution in [0.3, 0.4) is 0 Å². The summed E-state index contributed by atoms with van der Waals surface area (Å²) in [5.74, 6) is -0.304. The van der Waals surface area contributed by atoms with E-state index in [1.54, 1.807) is 0 Å². The molecule has 0 radical (unpaired) electrons. The Hall–Kier alpha value is -0.883. The first-order valence-electron chi connectivity index (χ1n) is 8.10. The summed E-state index contributed by atoms with van der Waals surface area (Å²) in [6, 6.07) is 0. The molecule has 0 atom stereocenters. The van der Waals surface area contributed by atoms with E-state index in [2.05, 4.69) is 29.1 Å². The molecule has 0 spiro atoms. The van der Waals surface area contributed by atoms with E-state index in [9.17, 15) is 9.59 Å². The molecule has 6 heteroatoms. The minimum Gasteiger partial charge on any atom is -0.469 e. The zero-order chi connectivity index (χ0) is 17.0. The van der Waals surface area contributed by atoms with Gasteiger partial charge < -0.3 is 13.9 Å². The summed E-state index contributed by atoms with van der Waals surface area (Å²) < 4.78 is 15.5. The highest BCUT2D eigenvalue weighted by molar-refractivity contribution is 6.69. The third-order valence-corrected chi connectivity index (χ3v) is 4.33. The molecular weight excluding hydrogens is 300 g/mol. The summed E-state index contributed by atoms with van der Waals surface area (Å²) in [6.45, 7) is 6.55. The van der Waals surface area contributed by atoms with Crippen LogP contribution in [0.5, 0.6) is 0 Å². The Kier molecular flexibility index (Phi) is 11.2. The van der Waals surface area contributed by atoms with Crippen molar-refractivity contribution in [1.82, 2.24) is 0 Å². The maximum atomic E-state index is 11.1. The van der Waals surface area contributed by atoms with Gasteiger partial charge in [0.15, 0.2) is 8.32 Å². The molecular formula is C16H32O5Si. The Morgan fingerprint density at radius 1 is 0.818 bits per heavy atom. The Balaban J connectivity index is 4.04. The number of hydrogen-bond donors (Lipinski definition) is 0. The second kappa shape index (κ2) is 11.7. The summed E-state index contributed by atoms with van der Waals surface area (Å²) in [6.07, 6.45) is 6.67. The first-order valence-corrected chi connectivity index (χ1v) is 11.5. The van der Waals surface area contributed by atoms with Crippen molar-refractivity contribution in [3.63, 3.8) is 0 Å². The normalized spacial score (nSPS) is 11.5. The van der Waals surface area contributed by atoms with Crippen LogP contribution >= 0.6 is 0 Å². The molecule has 5 nitrogen and oxygen atoms in total. The summed E-state index contributed by atoms with van der Waals surface area (Å²) in [5.41, 5.74) is 0. The average molecular weight is 333 g/mol. The lowest BCUT2D eigenvalue weighted by Crippen LogP contribution is -2.32. The van der Waals surface area contributed by atoms with Gasteiger partial charge in [0.2, 0.25) is 0 Å². The Morgan fingerprint density at radius 3 is 1.55 bits per heavy atom. The number of rotatable bonds is 12. The van der Waals surface area contributed by atoms with Crippen LogP contribution in [-0.2, 0) is 23.5 Å². The molecule has 0 aliphatic heterocycles. The lowest BCUT2D eigenvalue weighted by Gasteiger charge is -2.26. The number of carbonyl (C=O) groups excluding carboxylic acids is 2. The van der Waals surface area contributed by atoms with E-state index in [0.29, 0.717) is 12.8 Å². The van der Waals surface area contributed by atoms with E-state index in [-0.39, 0.29) is 18.0 Å². The molecule has 0 rings (SSSR count). The van der Waals surface area contributed by atoms with Crippen LogP contribution in [0, 0.1) is 0 Å². The molecule has 0 aromatic heterocycles. The van der Waals surface area contributed by atoms with Crippen LogP contribution in [0.2, 0.25) is 19.6 Å². The molecule has 0 amide bonds. The third-order valence-electron chi connectivity index (χ3n) is 3.29. The van der Waals surface area contributed by atoms with E-state index in [1.165, 1.54) is 14.2 Å². The molecule has 0 N–H and O–H groups in total. The fraction of sp³-hybridized carbons (Fsp3) is 0.875. The molecule has 0 aromatic rings. The minimum atomic E-state index is -1.58.